The highest BCUT2D eigenvalue weighted by Gasteiger charge is 2.37. The molecule has 1 aliphatic carbocycles. The van der Waals surface area contributed by atoms with Gasteiger partial charge in [0, 0.05) is 38.8 Å². The molecule has 2 heteroatoms. The molecule has 0 radical (unpaired) electrons. The van der Waals surface area contributed by atoms with Gasteiger partial charge in [-0.1, -0.05) is 184 Å². The molecule has 0 fully saturated rings. The fourth-order valence-corrected chi connectivity index (χ4v) is 10.4. The van der Waals surface area contributed by atoms with E-state index in [1.54, 1.807) is 0 Å². The van der Waals surface area contributed by atoms with E-state index in [1.807, 2.05) is 0 Å². The van der Waals surface area contributed by atoms with Crippen molar-refractivity contribution in [1.29, 1.82) is 0 Å². The number of nitrogens with zero attached hydrogens (tertiary/aromatic N) is 2. The smallest absolute Gasteiger partial charge is 0.0547 e. The molecular formula is C61H44N2. The van der Waals surface area contributed by atoms with Crippen molar-refractivity contribution in [2.75, 3.05) is 4.90 Å². The second-order valence-corrected chi connectivity index (χ2v) is 17.3. The Kier molecular flexibility index (Phi) is 8.55. The first-order valence-corrected chi connectivity index (χ1v) is 21.9. The van der Waals surface area contributed by atoms with Crippen LogP contribution in [0.15, 0.2) is 231 Å². The molecular weight excluding hydrogens is 761 g/mol. The van der Waals surface area contributed by atoms with Crippen molar-refractivity contribution in [2.24, 2.45) is 0 Å². The Morgan fingerprint density at radius 1 is 0.381 bits per heavy atom. The molecule has 1 aliphatic rings. The van der Waals surface area contributed by atoms with Crippen LogP contribution in [-0.4, -0.2) is 4.57 Å². The van der Waals surface area contributed by atoms with Crippen LogP contribution in [0.1, 0.15) is 25.0 Å². The Labute approximate surface area is 368 Å². The number of rotatable bonds is 7. The Balaban J connectivity index is 1.06. The summed E-state index contributed by atoms with van der Waals surface area (Å²) >= 11 is 0. The van der Waals surface area contributed by atoms with Crippen molar-refractivity contribution in [3.8, 4) is 50.2 Å². The van der Waals surface area contributed by atoms with Gasteiger partial charge in [0.05, 0.1) is 16.7 Å². The van der Waals surface area contributed by atoms with Gasteiger partial charge in [0.15, 0.2) is 0 Å². The summed E-state index contributed by atoms with van der Waals surface area (Å²) in [5.74, 6) is 0. The Hall–Kier alpha value is -7.94. The van der Waals surface area contributed by atoms with Gasteiger partial charge in [-0.05, 0) is 122 Å². The average Bonchev–Trinajstić information content (AvgIpc) is 3.81. The lowest BCUT2D eigenvalue weighted by atomic mass is 9.82. The predicted molar refractivity (Wildman–Crippen MR) is 267 cm³/mol. The van der Waals surface area contributed by atoms with E-state index >= 15 is 0 Å². The van der Waals surface area contributed by atoms with Crippen LogP contribution >= 0.6 is 0 Å². The molecule has 12 rings (SSSR count). The third-order valence-corrected chi connectivity index (χ3v) is 13.4. The van der Waals surface area contributed by atoms with Crippen molar-refractivity contribution in [3.05, 3.63) is 242 Å². The topological polar surface area (TPSA) is 8.17 Å². The Bertz CT molecular complexity index is 3540. The molecule has 0 aliphatic heterocycles. The summed E-state index contributed by atoms with van der Waals surface area (Å²) in [5, 5.41) is 4.99. The van der Waals surface area contributed by atoms with Crippen molar-refractivity contribution in [1.82, 2.24) is 4.57 Å². The van der Waals surface area contributed by atoms with Crippen LogP contribution in [0.5, 0.6) is 0 Å². The van der Waals surface area contributed by atoms with Gasteiger partial charge in [-0.25, -0.2) is 0 Å². The molecule has 0 saturated heterocycles. The molecule has 0 spiro atoms. The Morgan fingerprint density at radius 2 is 1.02 bits per heavy atom. The maximum absolute atomic E-state index is 2.46. The van der Waals surface area contributed by atoms with Crippen LogP contribution < -0.4 is 4.90 Å². The highest BCUT2D eigenvalue weighted by molar-refractivity contribution is 6.16. The molecule has 0 amide bonds. The van der Waals surface area contributed by atoms with Crippen molar-refractivity contribution in [2.45, 2.75) is 19.3 Å². The maximum atomic E-state index is 2.46. The summed E-state index contributed by atoms with van der Waals surface area (Å²) in [4.78, 5) is 2.46. The second-order valence-electron chi connectivity index (χ2n) is 17.3. The fraction of sp³-hybridized carbons (Fsp3) is 0.0492. The number of benzene rings is 10. The van der Waals surface area contributed by atoms with Crippen LogP contribution in [0, 0.1) is 0 Å². The molecule has 1 heterocycles. The van der Waals surface area contributed by atoms with Gasteiger partial charge in [0.25, 0.3) is 0 Å². The number of para-hydroxylation sites is 3. The third kappa shape index (κ3) is 5.94. The molecule has 0 N–H and O–H groups in total. The van der Waals surface area contributed by atoms with Crippen LogP contribution in [0.4, 0.5) is 17.1 Å². The minimum Gasteiger partial charge on any atom is -0.310 e. The Morgan fingerprint density at radius 3 is 1.89 bits per heavy atom. The van der Waals surface area contributed by atoms with E-state index in [0.717, 1.165) is 22.7 Å². The zero-order valence-corrected chi connectivity index (χ0v) is 35.3. The van der Waals surface area contributed by atoms with E-state index in [-0.39, 0.29) is 5.41 Å². The summed E-state index contributed by atoms with van der Waals surface area (Å²) in [6.45, 7) is 4.72. The normalized spacial score (nSPS) is 12.7. The lowest BCUT2D eigenvalue weighted by Crippen LogP contribution is -2.14. The SMILES string of the molecule is CC1(C)c2ccccc2-c2c(-c3ccccc3N(c3ccc(-c4ccc5ccccc5c4)cc3)c3cccc(-c4cccc5c4c4ccccc4n5-c4ccccc4)c3)cccc21. The number of fused-ring (bicyclic) bond motifs is 7. The highest BCUT2D eigenvalue weighted by atomic mass is 15.1. The van der Waals surface area contributed by atoms with Gasteiger partial charge in [0.1, 0.15) is 0 Å². The maximum Gasteiger partial charge on any atom is 0.0547 e. The average molecular weight is 805 g/mol. The van der Waals surface area contributed by atoms with Gasteiger partial charge >= 0.3 is 0 Å². The van der Waals surface area contributed by atoms with Crippen LogP contribution in [0.3, 0.4) is 0 Å². The number of anilines is 3. The van der Waals surface area contributed by atoms with Crippen LogP contribution in [0.25, 0.3) is 82.8 Å². The summed E-state index contributed by atoms with van der Waals surface area (Å²) in [5.41, 5.74) is 19.4. The van der Waals surface area contributed by atoms with E-state index in [1.165, 1.54) is 88.2 Å². The molecule has 0 saturated carbocycles. The largest absolute Gasteiger partial charge is 0.310 e. The number of hydrogen-bond donors (Lipinski definition) is 0. The van der Waals surface area contributed by atoms with Gasteiger partial charge < -0.3 is 9.47 Å². The molecule has 11 aromatic rings. The summed E-state index contributed by atoms with van der Waals surface area (Å²) in [7, 11) is 0. The lowest BCUT2D eigenvalue weighted by Gasteiger charge is -2.29. The first-order valence-electron chi connectivity index (χ1n) is 21.9. The van der Waals surface area contributed by atoms with E-state index in [0.29, 0.717) is 0 Å². The van der Waals surface area contributed by atoms with Gasteiger partial charge in [-0.15, -0.1) is 0 Å². The summed E-state index contributed by atoms with van der Waals surface area (Å²) in [6.07, 6.45) is 0. The quantitative estimate of drug-likeness (QED) is 0.156. The third-order valence-electron chi connectivity index (χ3n) is 13.4. The van der Waals surface area contributed by atoms with E-state index in [9.17, 15) is 0 Å². The van der Waals surface area contributed by atoms with Crippen molar-refractivity contribution in [3.63, 3.8) is 0 Å². The number of hydrogen-bond acceptors (Lipinski definition) is 1. The first-order chi connectivity index (χ1) is 31.0. The van der Waals surface area contributed by atoms with E-state index < -0.39 is 0 Å². The number of aromatic nitrogens is 1. The van der Waals surface area contributed by atoms with Crippen LogP contribution in [-0.2, 0) is 5.41 Å². The van der Waals surface area contributed by atoms with Gasteiger partial charge in [-0.3, -0.25) is 0 Å². The monoisotopic (exact) mass is 804 g/mol. The molecule has 63 heavy (non-hydrogen) atoms. The predicted octanol–water partition coefficient (Wildman–Crippen LogP) is 16.7. The zero-order chi connectivity index (χ0) is 42.1. The molecule has 0 atom stereocenters. The standard InChI is InChI=1S/C61H44N2/c1-61(2)54-28-11-8-24-52(54)59-51(27-15-29-55(59)61)50-23-9-12-30-56(50)62(47-37-35-42(36-38-47)44-34-33-41-17-6-7-18-43(41)39-44)48-22-14-19-45(40-48)49-26-16-32-58-60(49)53-25-10-13-31-57(53)63(58)46-20-4-3-5-21-46/h3-40H,1-2H3. The fourth-order valence-electron chi connectivity index (χ4n) is 10.4. The minimum atomic E-state index is -0.103. The van der Waals surface area contributed by atoms with E-state index in [4.69, 9.17) is 0 Å². The second kappa shape index (κ2) is 14.6. The molecule has 2 nitrogen and oxygen atoms in total. The first kappa shape index (κ1) is 36.9. The molecule has 10 aromatic carbocycles. The van der Waals surface area contributed by atoms with Crippen molar-refractivity contribution < 1.29 is 0 Å². The highest BCUT2D eigenvalue weighted by Crippen LogP contribution is 2.54. The van der Waals surface area contributed by atoms with Crippen molar-refractivity contribution >= 4 is 49.6 Å². The van der Waals surface area contributed by atoms with Gasteiger partial charge in [0.2, 0.25) is 0 Å². The minimum absolute atomic E-state index is 0.103. The molecule has 1 aromatic heterocycles. The molecule has 0 bridgehead atoms. The molecule has 298 valence electrons. The molecule has 0 unspecified atom stereocenters. The lowest BCUT2D eigenvalue weighted by molar-refractivity contribution is 0.660. The van der Waals surface area contributed by atoms with Gasteiger partial charge in [-0.2, -0.15) is 0 Å². The zero-order valence-electron chi connectivity index (χ0n) is 35.3. The van der Waals surface area contributed by atoms with Crippen LogP contribution in [0.2, 0.25) is 0 Å². The van der Waals surface area contributed by atoms with E-state index in [2.05, 4.69) is 254 Å². The summed E-state index contributed by atoms with van der Waals surface area (Å²) < 4.78 is 2.40. The summed E-state index contributed by atoms with van der Waals surface area (Å²) in [6, 6.07) is 84.7.